The summed E-state index contributed by atoms with van der Waals surface area (Å²) >= 11 is 0. The van der Waals surface area contributed by atoms with Gasteiger partial charge in [0.25, 0.3) is 0 Å². The number of hydrogen-bond donors (Lipinski definition) is 0. The van der Waals surface area contributed by atoms with E-state index in [1.807, 2.05) is 0 Å². The molecule has 1 fully saturated rings. The minimum atomic E-state index is -0.628. The molecule has 0 atom stereocenters. The van der Waals surface area contributed by atoms with Crippen molar-refractivity contribution in [3.05, 3.63) is 311 Å². The molecule has 12 aromatic carbocycles. The van der Waals surface area contributed by atoms with Gasteiger partial charge >= 0.3 is 0 Å². The van der Waals surface area contributed by atoms with Crippen molar-refractivity contribution in [3.63, 3.8) is 0 Å². The van der Waals surface area contributed by atoms with Crippen molar-refractivity contribution in [2.45, 2.75) is 31.1 Å². The SMILES string of the molecule is C1=CC(C2(C=C(C=C3c4ccc5ccccc5c4-c4c3ccc3ccccc43)C=C3c4ccc5ccccc5c4-c4c3ccc3ccccc43)c3ccc4ccccc4c3-c3c2ccc2ccccc32)C=CC2=C1C1CCC2CC1. The minimum Gasteiger partial charge on any atom is -0.0758 e. The van der Waals surface area contributed by atoms with Crippen molar-refractivity contribution >= 4 is 75.8 Å². The molecule has 0 heterocycles. The lowest BCUT2D eigenvalue weighted by atomic mass is 9.66. The Kier molecular flexibility index (Phi) is 9.38. The summed E-state index contributed by atoms with van der Waals surface area (Å²) in [5.41, 5.74) is 22.1. The van der Waals surface area contributed by atoms with E-state index in [2.05, 4.69) is 261 Å². The smallest absolute Gasteiger partial charge is 0.0500 e. The Morgan fingerprint density at radius 3 is 0.925 bits per heavy atom. The zero-order valence-electron chi connectivity index (χ0n) is 44.4. The summed E-state index contributed by atoms with van der Waals surface area (Å²) in [6.45, 7) is 0. The third kappa shape index (κ3) is 6.17. The maximum atomic E-state index is 2.76. The van der Waals surface area contributed by atoms with Gasteiger partial charge in [0, 0.05) is 5.92 Å². The zero-order valence-corrected chi connectivity index (χ0v) is 44.4. The predicted molar refractivity (Wildman–Crippen MR) is 338 cm³/mol. The van der Waals surface area contributed by atoms with E-state index in [-0.39, 0.29) is 5.92 Å². The first-order valence-corrected chi connectivity index (χ1v) is 29.1. The van der Waals surface area contributed by atoms with E-state index in [1.54, 1.807) is 11.1 Å². The first-order chi connectivity index (χ1) is 39.7. The number of rotatable bonds is 4. The van der Waals surface area contributed by atoms with Gasteiger partial charge in [0.1, 0.15) is 0 Å². The molecule has 12 aromatic rings. The molecule has 0 nitrogen and oxygen atoms in total. The van der Waals surface area contributed by atoms with Crippen molar-refractivity contribution in [2.75, 3.05) is 0 Å². The summed E-state index contributed by atoms with van der Waals surface area (Å²) in [5, 5.41) is 15.4. The largest absolute Gasteiger partial charge is 0.0758 e. The Morgan fingerprint density at radius 1 is 0.312 bits per heavy atom. The summed E-state index contributed by atoms with van der Waals surface area (Å²) in [6, 6.07) is 83.2. The highest BCUT2D eigenvalue weighted by molar-refractivity contribution is 6.21. The highest BCUT2D eigenvalue weighted by Crippen LogP contribution is 2.61. The van der Waals surface area contributed by atoms with E-state index in [0.717, 1.165) is 0 Å². The van der Waals surface area contributed by atoms with Crippen LogP contribution in [0.15, 0.2) is 278 Å². The third-order valence-electron chi connectivity index (χ3n) is 19.8. The maximum absolute atomic E-state index is 2.76. The summed E-state index contributed by atoms with van der Waals surface area (Å²) < 4.78 is 0. The Morgan fingerprint density at radius 2 is 0.600 bits per heavy atom. The molecule has 0 amide bonds. The molecule has 0 heteroatoms. The first kappa shape index (κ1) is 44.6. The van der Waals surface area contributed by atoms with Crippen molar-refractivity contribution < 1.29 is 0 Å². The molecule has 0 N–H and O–H groups in total. The van der Waals surface area contributed by atoms with Gasteiger partial charge < -0.3 is 0 Å². The van der Waals surface area contributed by atoms with E-state index in [4.69, 9.17) is 0 Å². The van der Waals surface area contributed by atoms with Crippen LogP contribution in [0.3, 0.4) is 0 Å². The summed E-state index contributed by atoms with van der Waals surface area (Å²) in [4.78, 5) is 0. The molecule has 2 bridgehead atoms. The average Bonchev–Trinajstić information content (AvgIpc) is 4.13. The van der Waals surface area contributed by atoms with Gasteiger partial charge in [0.05, 0.1) is 5.41 Å². The Labute approximate surface area is 466 Å². The van der Waals surface area contributed by atoms with Gasteiger partial charge in [-0.05, 0) is 209 Å². The Hall–Kier alpha value is -9.36. The molecule has 0 saturated heterocycles. The van der Waals surface area contributed by atoms with Crippen LogP contribution in [0, 0.1) is 17.8 Å². The van der Waals surface area contributed by atoms with E-state index in [0.29, 0.717) is 11.8 Å². The van der Waals surface area contributed by atoms with Crippen LogP contribution in [0.2, 0.25) is 0 Å². The van der Waals surface area contributed by atoms with Crippen LogP contribution >= 0.6 is 0 Å². The standard InChI is InChI=1S/C80H54/c1-7-19-60-49(13-1)29-37-66-70(67-38-30-50-14-2-8-20-61(50)75(67)74(60)66)45-48(46-71-68-39-31-51-15-3-9-21-62(51)76(68)77-63-22-10-4-16-52(63)32-40-69(71)77)47-80(57-35-41-58-55-25-26-56(28-27-55)59(58)42-36-57)72-43-33-53-17-5-11-23-64(53)78(72)79-65-24-12-6-18-54(65)34-44-73(79)80/h1-24,29-47,55-57H,25-28H2. The van der Waals surface area contributed by atoms with Crippen molar-refractivity contribution in [3.8, 4) is 33.4 Å². The quantitative estimate of drug-likeness (QED) is 0.165. The summed E-state index contributed by atoms with van der Waals surface area (Å²) in [5.74, 6) is 1.26. The predicted octanol–water partition coefficient (Wildman–Crippen LogP) is 20.9. The topological polar surface area (TPSA) is 0 Å². The fraction of sp³-hybridized carbons (Fsp3) is 0.100. The molecule has 1 saturated carbocycles. The number of fused-ring (bicyclic) bond motifs is 23. The van der Waals surface area contributed by atoms with Crippen molar-refractivity contribution in [1.29, 1.82) is 0 Å². The molecule has 0 spiro atoms. The van der Waals surface area contributed by atoms with Crippen LogP contribution in [-0.2, 0) is 5.41 Å². The lowest BCUT2D eigenvalue weighted by molar-refractivity contribution is 0.306. The molecule has 7 aliphatic rings. The Balaban J connectivity index is 1.00. The third-order valence-corrected chi connectivity index (χ3v) is 19.8. The van der Waals surface area contributed by atoms with Crippen LogP contribution in [0.4, 0.5) is 0 Å². The molecule has 374 valence electrons. The number of allylic oxidation sites excluding steroid dienone is 10. The molecule has 0 aromatic heterocycles. The lowest BCUT2D eigenvalue weighted by Gasteiger charge is -2.38. The maximum Gasteiger partial charge on any atom is 0.0500 e. The van der Waals surface area contributed by atoms with Gasteiger partial charge in [0.2, 0.25) is 0 Å². The number of hydrogen-bond acceptors (Lipinski definition) is 0. The molecule has 19 rings (SSSR count). The fourth-order valence-electron chi connectivity index (χ4n) is 16.3. The summed E-state index contributed by atoms with van der Waals surface area (Å²) in [7, 11) is 0. The second-order valence-corrected chi connectivity index (χ2v) is 23.6. The van der Waals surface area contributed by atoms with E-state index in [9.17, 15) is 0 Å². The molecule has 0 radical (unpaired) electrons. The van der Waals surface area contributed by atoms with Crippen LogP contribution in [0.25, 0.3) is 109 Å². The highest BCUT2D eigenvalue weighted by Gasteiger charge is 2.48. The lowest BCUT2D eigenvalue weighted by Crippen LogP contribution is -2.31. The van der Waals surface area contributed by atoms with Gasteiger partial charge in [-0.1, -0.05) is 249 Å². The van der Waals surface area contributed by atoms with Crippen LogP contribution in [0.1, 0.15) is 59.1 Å². The van der Waals surface area contributed by atoms with Crippen LogP contribution in [0.5, 0.6) is 0 Å². The fourth-order valence-corrected chi connectivity index (χ4v) is 16.3. The van der Waals surface area contributed by atoms with Gasteiger partial charge in [-0.2, -0.15) is 0 Å². The van der Waals surface area contributed by atoms with Gasteiger partial charge in [-0.25, -0.2) is 0 Å². The monoisotopic (exact) mass is 1010 g/mol. The van der Waals surface area contributed by atoms with Crippen molar-refractivity contribution in [1.82, 2.24) is 0 Å². The van der Waals surface area contributed by atoms with Crippen LogP contribution < -0.4 is 0 Å². The second-order valence-electron chi connectivity index (χ2n) is 23.6. The molecule has 0 unspecified atom stereocenters. The normalized spacial score (nSPS) is 18.6. The molecule has 80 heavy (non-hydrogen) atoms. The number of benzene rings is 12. The van der Waals surface area contributed by atoms with E-state index in [1.165, 1.54) is 174 Å². The molecular formula is C80H54. The van der Waals surface area contributed by atoms with Gasteiger partial charge in [0.15, 0.2) is 0 Å². The second kappa shape index (κ2) is 16.8. The zero-order chi connectivity index (χ0) is 52.2. The van der Waals surface area contributed by atoms with E-state index >= 15 is 0 Å². The van der Waals surface area contributed by atoms with Gasteiger partial charge in [-0.3, -0.25) is 0 Å². The summed E-state index contributed by atoms with van der Waals surface area (Å²) in [6.07, 6.45) is 23.6. The molecule has 7 aliphatic carbocycles. The molecule has 0 aliphatic heterocycles. The van der Waals surface area contributed by atoms with Gasteiger partial charge in [-0.15, -0.1) is 0 Å². The van der Waals surface area contributed by atoms with Crippen LogP contribution in [-0.4, -0.2) is 0 Å². The Bertz CT molecular complexity index is 4470. The first-order valence-electron chi connectivity index (χ1n) is 29.1. The highest BCUT2D eigenvalue weighted by atomic mass is 14.5. The van der Waals surface area contributed by atoms with E-state index < -0.39 is 5.41 Å². The van der Waals surface area contributed by atoms with Crippen molar-refractivity contribution in [2.24, 2.45) is 17.8 Å². The minimum absolute atomic E-state index is 0.00583. The molecular weight excluding hydrogens is 961 g/mol. The average molecular weight is 1020 g/mol.